The number of hydrogen-bond acceptors (Lipinski definition) is 8. The largest absolute Gasteiger partial charge is 0.491 e. The van der Waals surface area contributed by atoms with Gasteiger partial charge in [-0.1, -0.05) is 78.9 Å². The summed E-state index contributed by atoms with van der Waals surface area (Å²) in [4.78, 5) is 0. The van der Waals surface area contributed by atoms with Crippen molar-refractivity contribution < 1.29 is 97.4 Å². The van der Waals surface area contributed by atoms with Crippen LogP contribution in [0.5, 0.6) is 23.0 Å². The Bertz CT molecular complexity index is 2300. The molecule has 0 unspecified atom stereocenters. The van der Waals surface area contributed by atoms with Gasteiger partial charge in [0.2, 0.25) is 0 Å². The summed E-state index contributed by atoms with van der Waals surface area (Å²) in [5.74, 6) is 2.84. The quantitative estimate of drug-likeness (QED) is 0.0959. The molecule has 1 aliphatic rings. The van der Waals surface area contributed by atoms with Crippen molar-refractivity contribution in [3.05, 3.63) is 169 Å². The van der Waals surface area contributed by atoms with Gasteiger partial charge in [0.1, 0.15) is 37.9 Å². The van der Waals surface area contributed by atoms with Crippen molar-refractivity contribution in [1.82, 2.24) is 0 Å². The van der Waals surface area contributed by atoms with Gasteiger partial charge in [0.15, 0.2) is 49.4 Å². The Morgan fingerprint density at radius 1 is 0.319 bits per heavy atom. The molecule has 0 spiro atoms. The first-order valence-electron chi connectivity index (χ1n) is 21.9. The first-order chi connectivity index (χ1) is 33.7. The molecule has 72 heavy (non-hydrogen) atoms. The Balaban J connectivity index is 0.000000250. The minimum absolute atomic E-state index is 0.426. The normalized spacial score (nSPS) is 16.4. The van der Waals surface area contributed by atoms with E-state index in [1.807, 2.05) is 48.5 Å². The number of ether oxygens (including phenoxy) is 8. The maximum absolute atomic E-state index is 10.7. The molecule has 7 rings (SSSR count). The predicted octanol–water partition coefficient (Wildman–Crippen LogP) is 13.8. The van der Waals surface area contributed by atoms with Gasteiger partial charge in [0.25, 0.3) is 0 Å². The minimum Gasteiger partial charge on any atom is -0.491 e. The molecule has 0 saturated carbocycles. The zero-order valence-corrected chi connectivity index (χ0v) is 40.3. The number of aromatic nitrogens is 2. The average Bonchev–Trinajstić information content (AvgIpc) is 3.30. The maximum atomic E-state index is 9.87. The summed E-state index contributed by atoms with van der Waals surface area (Å²) < 4.78 is 168. The number of para-hydroxylation sites is 2. The van der Waals surface area contributed by atoms with Crippen molar-refractivity contribution in [1.29, 1.82) is 0 Å². The molecule has 4 aromatic carbocycles. The van der Waals surface area contributed by atoms with Gasteiger partial charge in [-0.2, -0.15) is 0 Å². The zero-order chi connectivity index (χ0) is 52.5. The van der Waals surface area contributed by atoms with E-state index in [2.05, 4.69) is 119 Å². The summed E-state index contributed by atoms with van der Waals surface area (Å²) in [6, 6.07) is 44.9. The molecular weight excluding hydrogens is 1020 g/mol. The smallest absolute Gasteiger partial charge is 0.173 e. The molecule has 0 amide bonds. The second-order valence-electron chi connectivity index (χ2n) is 15.2. The van der Waals surface area contributed by atoms with Crippen molar-refractivity contribution in [3.8, 4) is 34.1 Å². The maximum Gasteiger partial charge on any atom is 0.173 e. The zero-order valence-electron chi connectivity index (χ0n) is 38.5. The van der Waals surface area contributed by atoms with Crippen molar-refractivity contribution in [3.63, 3.8) is 0 Å². The molecule has 398 valence electrons. The third kappa shape index (κ3) is 32.3. The van der Waals surface area contributed by atoms with E-state index in [0.29, 0.717) is 90.8 Å². The summed E-state index contributed by atoms with van der Waals surface area (Å²) >= 11 is 0. The second kappa shape index (κ2) is 25.8. The molecule has 2 aromatic heterocycles. The minimum atomic E-state index is -10.7. The van der Waals surface area contributed by atoms with Gasteiger partial charge in [-0.15, -0.1) is 0 Å². The van der Waals surface area contributed by atoms with E-state index < -0.39 is 15.6 Å². The number of fused-ring (bicyclic) bond motifs is 3. The van der Waals surface area contributed by atoms with E-state index >= 15 is 0 Å². The first kappa shape index (κ1) is 58.8. The summed E-state index contributed by atoms with van der Waals surface area (Å²) in [6.45, 7) is 7.39. The van der Waals surface area contributed by atoms with Crippen LogP contribution >= 0.6 is 15.6 Å². The SMILES string of the molecule is F[P-](F)(F)(F)(F)F.F[P-](F)(F)(F)(F)F.c1cc2cc(c1)OCCOCCOCCOc1ccccc1OCCOCCOCCO2.c1ccc(C[n+]2ccc(-c3cc[n+](Cc4ccccc4)cc3)cc2)cc1. The van der Waals surface area contributed by atoms with Gasteiger partial charge >= 0.3 is 66.0 Å². The second-order valence-corrected chi connectivity index (χ2v) is 19.0. The third-order valence-corrected chi connectivity index (χ3v) is 8.89. The Morgan fingerprint density at radius 3 is 0.917 bits per heavy atom. The Morgan fingerprint density at radius 2 is 0.597 bits per heavy atom. The van der Waals surface area contributed by atoms with E-state index in [0.717, 1.165) is 24.6 Å². The number of pyridine rings is 2. The molecule has 0 fully saturated rings. The molecule has 2 bridgehead atoms. The van der Waals surface area contributed by atoms with Crippen molar-refractivity contribution in [2.24, 2.45) is 0 Å². The molecule has 0 N–H and O–H groups in total. The van der Waals surface area contributed by atoms with Gasteiger partial charge in [-0.25, -0.2) is 9.13 Å². The van der Waals surface area contributed by atoms with E-state index in [-0.39, 0.29) is 0 Å². The van der Waals surface area contributed by atoms with Crippen LogP contribution < -0.4 is 28.1 Å². The van der Waals surface area contributed by atoms with Crippen molar-refractivity contribution >= 4 is 15.6 Å². The first-order valence-corrected chi connectivity index (χ1v) is 25.9. The molecule has 0 atom stereocenters. The molecule has 6 aromatic rings. The molecule has 24 heteroatoms. The topological polar surface area (TPSA) is 81.6 Å². The van der Waals surface area contributed by atoms with E-state index in [9.17, 15) is 50.4 Å². The van der Waals surface area contributed by atoms with Gasteiger partial charge in [-0.3, -0.25) is 0 Å². The molecular formula is C48H54F12N2O8P2. The number of benzene rings is 4. The predicted molar refractivity (Wildman–Crippen MR) is 249 cm³/mol. The molecule has 3 heterocycles. The fourth-order valence-corrected chi connectivity index (χ4v) is 5.94. The van der Waals surface area contributed by atoms with Gasteiger partial charge in [0, 0.05) is 41.5 Å². The third-order valence-electron chi connectivity index (χ3n) is 8.89. The van der Waals surface area contributed by atoms with E-state index in [1.54, 1.807) is 0 Å². The Hall–Kier alpha value is -5.76. The fourth-order valence-electron chi connectivity index (χ4n) is 5.94. The number of halogens is 12. The van der Waals surface area contributed by atoms with Crippen LogP contribution in [0, 0.1) is 0 Å². The van der Waals surface area contributed by atoms with E-state index in [4.69, 9.17) is 37.9 Å². The van der Waals surface area contributed by atoms with Gasteiger partial charge < -0.3 is 37.9 Å². The summed E-state index contributed by atoms with van der Waals surface area (Å²) in [7, 11) is -21.3. The van der Waals surface area contributed by atoms with Crippen LogP contribution in [0.15, 0.2) is 158 Å². The van der Waals surface area contributed by atoms with Gasteiger partial charge in [-0.05, 0) is 35.4 Å². The van der Waals surface area contributed by atoms with Crippen LogP contribution in [0.1, 0.15) is 11.1 Å². The molecule has 0 aliphatic carbocycles. The molecule has 0 radical (unpaired) electrons. The Kier molecular flexibility index (Phi) is 21.0. The summed E-state index contributed by atoms with van der Waals surface area (Å²) in [6.07, 6.45) is 8.58. The standard InChI is InChI=1S/C24H22N2.C24H32O8.2F6P/c1-3-7-21(8-4-1)19-25-15-11-23(12-16-25)24-13-17-26(18-14-24)20-22-9-5-2-6-10-22;1-2-7-24-23(6-1)31-18-14-27-10-8-25-12-16-29-21-4-3-5-22(20-21)30-17-13-26-9-11-28-15-19-32-24;2*1-7(2,3,4,5)6/h1-18H,19-20H2;1-7,20H,8-19H2;;/q+2;;2*-1. The Labute approximate surface area is 408 Å². The summed E-state index contributed by atoms with van der Waals surface area (Å²) in [5.41, 5.74) is 5.10. The van der Waals surface area contributed by atoms with Crippen molar-refractivity contribution in [2.75, 3.05) is 79.3 Å². The van der Waals surface area contributed by atoms with Crippen LogP contribution in [0.2, 0.25) is 0 Å². The summed E-state index contributed by atoms with van der Waals surface area (Å²) in [5, 5.41) is 0. The van der Waals surface area contributed by atoms with Gasteiger partial charge in [0.05, 0.1) is 52.9 Å². The number of rotatable bonds is 5. The number of hydrogen-bond donors (Lipinski definition) is 0. The average molecular weight is 1080 g/mol. The molecule has 1 aliphatic heterocycles. The van der Waals surface area contributed by atoms with Crippen molar-refractivity contribution in [2.45, 2.75) is 13.1 Å². The van der Waals surface area contributed by atoms with Crippen LogP contribution in [-0.4, -0.2) is 79.3 Å². The monoisotopic (exact) mass is 1080 g/mol. The van der Waals surface area contributed by atoms with Crippen LogP contribution in [0.4, 0.5) is 50.4 Å². The number of nitrogens with zero attached hydrogens (tertiary/aromatic N) is 2. The fraction of sp³-hybridized carbons (Fsp3) is 0.292. The van der Waals surface area contributed by atoms with Crippen LogP contribution in [0.3, 0.4) is 0 Å². The van der Waals surface area contributed by atoms with Crippen LogP contribution in [0.25, 0.3) is 11.1 Å². The van der Waals surface area contributed by atoms with Crippen LogP contribution in [-0.2, 0) is 32.0 Å². The molecule has 10 nitrogen and oxygen atoms in total. The molecule has 0 saturated heterocycles. The van der Waals surface area contributed by atoms with E-state index in [1.165, 1.54) is 22.3 Å².